The first-order valence-corrected chi connectivity index (χ1v) is 19.5. The normalized spacial score (nSPS) is 16.3. The minimum Gasteiger partial charge on any atom is -0.475 e. The van der Waals surface area contributed by atoms with E-state index in [4.69, 9.17) is 20.4 Å². The van der Waals surface area contributed by atoms with Crippen molar-refractivity contribution in [2.24, 2.45) is 17.6 Å². The average Bonchev–Trinajstić information content (AvgIpc) is 3.69. The Morgan fingerprint density at radius 3 is 2.07 bits per heavy atom. The maximum atomic E-state index is 14.4. The maximum Gasteiger partial charge on any atom is 0.490 e. The molecular weight excluding hydrogens is 774 g/mol. The van der Waals surface area contributed by atoms with Gasteiger partial charge in [-0.15, -0.1) is 10.2 Å². The Balaban J connectivity index is 0.000000940. The number of carboxylic acid groups (broad SMARTS) is 1. The zero-order valence-electron chi connectivity index (χ0n) is 31.5. The number of hydrogen-bond donors (Lipinski definition) is 4. The van der Waals surface area contributed by atoms with Gasteiger partial charge in [0.05, 0.1) is 4.90 Å². The van der Waals surface area contributed by atoms with E-state index in [1.807, 2.05) is 45.0 Å². The number of carbonyl (C=O) groups excluding carboxylic acids is 3. The van der Waals surface area contributed by atoms with Crippen molar-refractivity contribution in [2.45, 2.75) is 75.6 Å². The van der Waals surface area contributed by atoms with Gasteiger partial charge in [-0.1, -0.05) is 24.3 Å². The lowest BCUT2D eigenvalue weighted by molar-refractivity contribution is -0.192. The molecule has 0 spiro atoms. The summed E-state index contributed by atoms with van der Waals surface area (Å²) in [7, 11) is -3.44. The van der Waals surface area contributed by atoms with Gasteiger partial charge >= 0.3 is 18.2 Å². The molecule has 0 saturated heterocycles. The van der Waals surface area contributed by atoms with Gasteiger partial charge in [-0.2, -0.15) is 18.4 Å². The van der Waals surface area contributed by atoms with Crippen molar-refractivity contribution in [2.75, 3.05) is 17.7 Å². The van der Waals surface area contributed by atoms with Crippen LogP contribution in [0.1, 0.15) is 52.0 Å². The third-order valence-electron chi connectivity index (χ3n) is 8.86. The predicted octanol–water partition coefficient (Wildman–Crippen LogP) is 4.73. The molecule has 1 fully saturated rings. The molecule has 0 bridgehead atoms. The minimum absolute atomic E-state index is 0.112. The van der Waals surface area contributed by atoms with Gasteiger partial charge in [0.15, 0.2) is 9.84 Å². The van der Waals surface area contributed by atoms with E-state index >= 15 is 0 Å². The van der Waals surface area contributed by atoms with Crippen LogP contribution in [0.25, 0.3) is 22.5 Å². The van der Waals surface area contributed by atoms with Crippen LogP contribution in [0.3, 0.4) is 0 Å². The number of pyridine rings is 1. The molecular formula is C37H43F3N8O8S. The van der Waals surface area contributed by atoms with E-state index < -0.39 is 45.6 Å². The molecule has 5 rings (SSSR count). The second-order valence-corrected chi connectivity index (χ2v) is 16.4. The molecule has 2 aromatic heterocycles. The number of alkyl halides is 3. The van der Waals surface area contributed by atoms with Crippen molar-refractivity contribution in [3.63, 3.8) is 0 Å². The summed E-state index contributed by atoms with van der Waals surface area (Å²) >= 11 is 0. The molecule has 1 atom stereocenters. The van der Waals surface area contributed by atoms with Crippen molar-refractivity contribution >= 4 is 39.4 Å². The number of aliphatic carboxylic acids is 1. The van der Waals surface area contributed by atoms with E-state index in [2.05, 4.69) is 30.9 Å². The number of carboxylic acids is 1. The lowest BCUT2D eigenvalue weighted by Crippen LogP contribution is -2.52. The molecule has 3 amide bonds. The highest BCUT2D eigenvalue weighted by atomic mass is 32.2. The van der Waals surface area contributed by atoms with Crippen LogP contribution in [0.2, 0.25) is 0 Å². The number of hydrogen-bond acceptors (Lipinski definition) is 11. The summed E-state index contributed by atoms with van der Waals surface area (Å²) in [6.45, 7) is 5.87. The minimum atomic E-state index is -5.08. The molecule has 20 heteroatoms. The van der Waals surface area contributed by atoms with E-state index in [1.165, 1.54) is 11.1 Å². The summed E-state index contributed by atoms with van der Waals surface area (Å²) in [5, 5.41) is 24.0. The van der Waals surface area contributed by atoms with Crippen molar-refractivity contribution < 1.29 is 50.6 Å². The van der Waals surface area contributed by atoms with Crippen molar-refractivity contribution in [1.29, 1.82) is 0 Å². The van der Waals surface area contributed by atoms with Gasteiger partial charge in [0.2, 0.25) is 17.6 Å². The Morgan fingerprint density at radius 1 is 0.965 bits per heavy atom. The number of anilines is 1. The van der Waals surface area contributed by atoms with Crippen LogP contribution < -0.4 is 16.0 Å². The molecule has 0 radical (unpaired) electrons. The van der Waals surface area contributed by atoms with Crippen LogP contribution in [-0.4, -0.2) is 93.6 Å². The van der Waals surface area contributed by atoms with Crippen LogP contribution >= 0.6 is 0 Å². The quantitative estimate of drug-likeness (QED) is 0.161. The molecule has 0 aliphatic heterocycles. The number of primary amides is 1. The zero-order valence-corrected chi connectivity index (χ0v) is 32.3. The molecule has 4 aromatic rings. The summed E-state index contributed by atoms with van der Waals surface area (Å²) < 4.78 is 61.2. The topological polar surface area (TPSA) is 241 Å². The molecule has 0 unspecified atom stereocenters. The number of carbonyl (C=O) groups is 4. The monoisotopic (exact) mass is 816 g/mol. The number of tetrazole rings is 1. The summed E-state index contributed by atoms with van der Waals surface area (Å²) in [4.78, 5) is 54.3. The van der Waals surface area contributed by atoms with Gasteiger partial charge in [0, 0.05) is 54.3 Å². The Kier molecular flexibility index (Phi) is 14.1. The smallest absolute Gasteiger partial charge is 0.475 e. The van der Waals surface area contributed by atoms with Crippen LogP contribution in [0, 0.1) is 11.8 Å². The summed E-state index contributed by atoms with van der Waals surface area (Å²) in [5.41, 5.74) is 8.73. The van der Waals surface area contributed by atoms with Crippen LogP contribution in [0.4, 0.5) is 23.7 Å². The zero-order chi connectivity index (χ0) is 42.1. The number of nitrogens with two attached hydrogens (primary N) is 1. The number of nitrogens with zero attached hydrogens (tertiary/aromatic N) is 5. The molecule has 57 heavy (non-hydrogen) atoms. The second kappa shape index (κ2) is 18.4. The highest BCUT2D eigenvalue weighted by Gasteiger charge is 2.38. The number of amides is 3. The Bertz CT molecular complexity index is 2120. The number of benzene rings is 2. The third-order valence-corrected chi connectivity index (χ3v) is 9.94. The molecule has 306 valence electrons. The fourth-order valence-corrected chi connectivity index (χ4v) is 6.62. The molecule has 1 aliphatic rings. The summed E-state index contributed by atoms with van der Waals surface area (Å²) in [6, 6.07) is 14.8. The number of sulfone groups is 1. The number of aromatic nitrogens is 5. The second-order valence-electron chi connectivity index (χ2n) is 14.4. The number of H-pyrrole nitrogens is 1. The Hall–Kier alpha value is -5.92. The highest BCUT2D eigenvalue weighted by Crippen LogP contribution is 2.33. The molecule has 5 N–H and O–H groups in total. The van der Waals surface area contributed by atoms with E-state index in [-0.39, 0.29) is 29.1 Å². The molecule has 2 aromatic carbocycles. The van der Waals surface area contributed by atoms with Crippen LogP contribution in [0.15, 0.2) is 71.9 Å². The molecule has 1 saturated carbocycles. The highest BCUT2D eigenvalue weighted by molar-refractivity contribution is 7.90. The first kappa shape index (κ1) is 43.8. The fraction of sp³-hybridized carbons (Fsp3) is 0.405. The lowest BCUT2D eigenvalue weighted by atomic mass is 9.81. The first-order chi connectivity index (χ1) is 26.6. The largest absolute Gasteiger partial charge is 0.490 e. The fourth-order valence-electron chi connectivity index (χ4n) is 6.02. The number of rotatable bonds is 11. The molecule has 2 heterocycles. The number of ether oxygens (including phenoxy) is 1. The molecule has 16 nitrogen and oxygen atoms in total. The van der Waals surface area contributed by atoms with E-state index in [0.717, 1.165) is 30.2 Å². The Labute approximate surface area is 326 Å². The van der Waals surface area contributed by atoms with Crippen molar-refractivity contribution in [3.05, 3.63) is 72.6 Å². The van der Waals surface area contributed by atoms with Crippen molar-refractivity contribution in [1.82, 2.24) is 30.9 Å². The van der Waals surface area contributed by atoms with E-state index in [1.54, 1.807) is 36.5 Å². The number of halogens is 3. The average molecular weight is 817 g/mol. The first-order valence-electron chi connectivity index (χ1n) is 17.6. The van der Waals surface area contributed by atoms with E-state index in [0.29, 0.717) is 42.0 Å². The maximum absolute atomic E-state index is 14.4. The number of nitrogens with one attached hydrogen (secondary N) is 2. The summed E-state index contributed by atoms with van der Waals surface area (Å²) in [5.74, 6) is -3.41. The van der Waals surface area contributed by atoms with Gasteiger partial charge in [-0.25, -0.2) is 18.0 Å². The third kappa shape index (κ3) is 12.8. The number of aromatic amines is 1. The predicted molar refractivity (Wildman–Crippen MR) is 200 cm³/mol. The summed E-state index contributed by atoms with van der Waals surface area (Å²) in [6.07, 6.45) is 1.20. The van der Waals surface area contributed by atoms with Gasteiger partial charge in [-0.3, -0.25) is 19.5 Å². The SMILES string of the molecule is CC(C)(C)OC(=O)NCC1CCC(C(=O)N(c2ccc(-c3nn[nH]n3)cc2)[C@@H](Cc2ccc(-c3cncc(S(C)(=O)=O)c3)cc2)C(N)=O)CC1.O=C(O)C(F)(F)F. The van der Waals surface area contributed by atoms with Gasteiger partial charge in [0.1, 0.15) is 11.6 Å². The molecule has 1 aliphatic carbocycles. The van der Waals surface area contributed by atoms with Crippen LogP contribution in [-0.2, 0) is 35.4 Å². The van der Waals surface area contributed by atoms with Crippen molar-refractivity contribution in [3.8, 4) is 22.5 Å². The Morgan fingerprint density at radius 2 is 1.56 bits per heavy atom. The lowest BCUT2D eigenvalue weighted by Gasteiger charge is -2.36. The van der Waals surface area contributed by atoms with Gasteiger partial charge in [0.25, 0.3) is 0 Å². The standard InChI is InChI=1S/C35H42N8O6S.C2HF3O2/c1-35(2,3)49-34(46)38-19-23-7-11-26(12-8-23)33(45)43(28-15-13-25(14-16-28)32-39-41-42-40-32)30(31(36)44)17-22-5-9-24(10-6-22)27-18-29(21-37-20-27)50(4,47)48;3-2(4,5)1(6)7/h5-6,9-10,13-16,18,20-21,23,26,30H,7-8,11-12,17,19H2,1-4H3,(H2,36,44)(H,38,46)(H,39,40,41,42);(H,6,7)/t23?,26?,30-;/m0./s1. The van der Waals surface area contributed by atoms with E-state index in [9.17, 15) is 36.0 Å². The van der Waals surface area contributed by atoms with Gasteiger partial charge < -0.3 is 20.9 Å². The van der Waals surface area contributed by atoms with Gasteiger partial charge in [-0.05, 0) is 99.0 Å². The van der Waals surface area contributed by atoms with Crippen LogP contribution in [0.5, 0.6) is 0 Å². The number of alkyl carbamates (subject to hydrolysis) is 1.